The summed E-state index contributed by atoms with van der Waals surface area (Å²) in [6.45, 7) is 0. The van der Waals surface area contributed by atoms with Crippen molar-refractivity contribution in [2.75, 3.05) is 4.90 Å². The first-order valence-electron chi connectivity index (χ1n) is 16.6. The van der Waals surface area contributed by atoms with E-state index >= 15 is 0 Å². The number of thiophene rings is 2. The Hall–Kier alpha value is -5.74. The molecule has 0 spiro atoms. The van der Waals surface area contributed by atoms with Gasteiger partial charge in [0.05, 0.1) is 16.1 Å². The smallest absolute Gasteiger partial charge is 0.0641 e. The van der Waals surface area contributed by atoms with E-state index in [-0.39, 0.29) is 0 Å². The van der Waals surface area contributed by atoms with Crippen LogP contribution in [0.15, 0.2) is 176 Å². The third-order valence-electron chi connectivity index (χ3n) is 9.68. The number of fused-ring (bicyclic) bond motifs is 7. The number of hydrogen-bond donors (Lipinski definition) is 0. The van der Waals surface area contributed by atoms with E-state index in [9.17, 15) is 0 Å². The molecule has 3 heteroatoms. The maximum absolute atomic E-state index is 2.47. The van der Waals surface area contributed by atoms with Gasteiger partial charge in [0.1, 0.15) is 0 Å². The van der Waals surface area contributed by atoms with Crippen molar-refractivity contribution in [3.05, 3.63) is 176 Å². The zero-order valence-corrected chi connectivity index (χ0v) is 28.1. The molecule has 0 N–H and O–H groups in total. The van der Waals surface area contributed by atoms with Crippen molar-refractivity contribution < 1.29 is 0 Å². The number of hydrogen-bond acceptors (Lipinski definition) is 3. The molecule has 1 nitrogen and oxygen atoms in total. The van der Waals surface area contributed by atoms with Crippen LogP contribution in [-0.2, 0) is 0 Å². The van der Waals surface area contributed by atoms with Gasteiger partial charge in [0, 0.05) is 46.7 Å². The largest absolute Gasteiger partial charge is 0.308 e. The Labute approximate surface area is 292 Å². The van der Waals surface area contributed by atoms with Crippen LogP contribution in [0.3, 0.4) is 0 Å². The third kappa shape index (κ3) is 4.58. The molecule has 0 aliphatic carbocycles. The second-order valence-electron chi connectivity index (χ2n) is 12.5. The molecular weight excluding hydrogens is 631 g/mol. The molecular formula is C46H29NS2. The van der Waals surface area contributed by atoms with Crippen molar-refractivity contribution in [3.8, 4) is 22.3 Å². The van der Waals surface area contributed by atoms with Crippen LogP contribution in [0.5, 0.6) is 0 Å². The minimum atomic E-state index is 1.13. The fraction of sp³-hybridized carbons (Fsp3) is 0. The van der Waals surface area contributed by atoms with Crippen LogP contribution in [0, 0.1) is 0 Å². The van der Waals surface area contributed by atoms with Crippen LogP contribution < -0.4 is 4.90 Å². The Kier molecular flexibility index (Phi) is 6.61. The van der Waals surface area contributed by atoms with Crippen molar-refractivity contribution in [3.63, 3.8) is 0 Å². The fourth-order valence-electron chi connectivity index (χ4n) is 7.47. The lowest BCUT2D eigenvalue weighted by Gasteiger charge is -2.28. The molecule has 0 radical (unpaired) electrons. The molecule has 0 aliphatic heterocycles. The second-order valence-corrected chi connectivity index (χ2v) is 14.6. The summed E-state index contributed by atoms with van der Waals surface area (Å²) in [6, 6.07) is 64.3. The van der Waals surface area contributed by atoms with E-state index in [1.54, 1.807) is 0 Å². The van der Waals surface area contributed by atoms with Crippen molar-refractivity contribution in [2.24, 2.45) is 0 Å². The van der Waals surface area contributed by atoms with Gasteiger partial charge in [-0.05, 0) is 70.1 Å². The molecule has 230 valence electrons. The summed E-state index contributed by atoms with van der Waals surface area (Å²) in [5.41, 5.74) is 8.49. The molecule has 2 aromatic heterocycles. The Morgan fingerprint density at radius 3 is 1.76 bits per heavy atom. The van der Waals surface area contributed by atoms with Gasteiger partial charge in [0.25, 0.3) is 0 Å². The van der Waals surface area contributed by atoms with Crippen molar-refractivity contribution in [2.45, 2.75) is 0 Å². The van der Waals surface area contributed by atoms with E-state index in [1.807, 2.05) is 22.7 Å². The Morgan fingerprint density at radius 2 is 0.939 bits per heavy atom. The average Bonchev–Trinajstić information content (AvgIpc) is 3.75. The Balaban J connectivity index is 1.22. The molecule has 2 heterocycles. The molecule has 0 unspecified atom stereocenters. The first-order valence-corrected chi connectivity index (χ1v) is 18.2. The number of benzene rings is 8. The zero-order chi connectivity index (χ0) is 32.3. The highest BCUT2D eigenvalue weighted by Gasteiger charge is 2.22. The van der Waals surface area contributed by atoms with Gasteiger partial charge in [-0.3, -0.25) is 0 Å². The topological polar surface area (TPSA) is 3.24 Å². The molecule has 0 aliphatic rings. The quantitative estimate of drug-likeness (QED) is 0.178. The predicted molar refractivity (Wildman–Crippen MR) is 215 cm³/mol. The van der Waals surface area contributed by atoms with Gasteiger partial charge >= 0.3 is 0 Å². The van der Waals surface area contributed by atoms with Gasteiger partial charge in [0.15, 0.2) is 0 Å². The molecule has 0 saturated carbocycles. The third-order valence-corrected chi connectivity index (χ3v) is 12.0. The van der Waals surface area contributed by atoms with E-state index in [1.165, 1.54) is 84.7 Å². The minimum Gasteiger partial charge on any atom is -0.308 e. The lowest BCUT2D eigenvalue weighted by atomic mass is 9.97. The van der Waals surface area contributed by atoms with E-state index in [4.69, 9.17) is 0 Å². The molecule has 0 bridgehead atoms. The molecule has 0 saturated heterocycles. The first kappa shape index (κ1) is 28.3. The summed E-state index contributed by atoms with van der Waals surface area (Å²) in [5, 5.41) is 7.72. The lowest BCUT2D eigenvalue weighted by molar-refractivity contribution is 1.32. The zero-order valence-electron chi connectivity index (χ0n) is 26.5. The van der Waals surface area contributed by atoms with Gasteiger partial charge < -0.3 is 4.90 Å². The van der Waals surface area contributed by atoms with E-state index in [0.29, 0.717) is 0 Å². The Morgan fingerprint density at radius 1 is 0.347 bits per heavy atom. The van der Waals surface area contributed by atoms with Crippen LogP contribution in [-0.4, -0.2) is 0 Å². The summed E-state index contributed by atoms with van der Waals surface area (Å²) in [6.07, 6.45) is 0. The summed E-state index contributed by atoms with van der Waals surface area (Å²) < 4.78 is 5.24. The summed E-state index contributed by atoms with van der Waals surface area (Å²) in [7, 11) is 0. The number of anilines is 3. The van der Waals surface area contributed by atoms with Gasteiger partial charge in [-0.15, -0.1) is 22.7 Å². The summed E-state index contributed by atoms with van der Waals surface area (Å²) in [4.78, 5) is 2.47. The number of rotatable bonds is 5. The fourth-order valence-corrected chi connectivity index (χ4v) is 9.83. The van der Waals surface area contributed by atoms with E-state index < -0.39 is 0 Å². The van der Waals surface area contributed by atoms with Crippen molar-refractivity contribution in [1.82, 2.24) is 0 Å². The standard InChI is InChI=1S/C46H29NS2/c1-2-12-31(13-3-1)36-28-29-40(46-45(36)38-18-7-9-22-42(38)49-46)47(39-20-10-15-30-14-4-5-16-34(30)39)33-26-24-32(25-27-33)35-19-11-23-43-44(35)37-17-6-8-21-41(37)48-43/h1-29H. The molecule has 10 rings (SSSR count). The number of nitrogens with zero attached hydrogens (tertiary/aromatic N) is 1. The van der Waals surface area contributed by atoms with Crippen LogP contribution in [0.25, 0.3) is 73.4 Å². The van der Waals surface area contributed by atoms with Crippen LogP contribution >= 0.6 is 22.7 Å². The van der Waals surface area contributed by atoms with Crippen LogP contribution in [0.4, 0.5) is 17.1 Å². The maximum Gasteiger partial charge on any atom is 0.0641 e. The molecule has 49 heavy (non-hydrogen) atoms. The van der Waals surface area contributed by atoms with Crippen molar-refractivity contribution >= 4 is 90.9 Å². The van der Waals surface area contributed by atoms with Gasteiger partial charge in [-0.1, -0.05) is 133 Å². The summed E-state index contributed by atoms with van der Waals surface area (Å²) >= 11 is 3.75. The molecule has 0 atom stereocenters. The monoisotopic (exact) mass is 659 g/mol. The SMILES string of the molecule is c1ccc(-c2ccc(N(c3ccc(-c4cccc5sc6ccccc6c45)cc3)c3cccc4ccccc34)c3sc4ccccc4c23)cc1. The van der Waals surface area contributed by atoms with Crippen LogP contribution in [0.2, 0.25) is 0 Å². The average molecular weight is 660 g/mol. The van der Waals surface area contributed by atoms with Crippen molar-refractivity contribution in [1.29, 1.82) is 0 Å². The second kappa shape index (κ2) is 11.5. The normalized spacial score (nSPS) is 11.7. The van der Waals surface area contributed by atoms with E-state index in [0.717, 1.165) is 5.69 Å². The van der Waals surface area contributed by atoms with Gasteiger partial charge in [0.2, 0.25) is 0 Å². The molecule has 0 amide bonds. The highest BCUT2D eigenvalue weighted by molar-refractivity contribution is 7.26. The first-order chi connectivity index (χ1) is 24.3. The predicted octanol–water partition coefficient (Wildman–Crippen LogP) is 14.4. The lowest BCUT2D eigenvalue weighted by Crippen LogP contribution is -2.10. The maximum atomic E-state index is 2.47. The Bertz CT molecular complexity index is 2820. The summed E-state index contributed by atoms with van der Waals surface area (Å²) in [5.74, 6) is 0. The minimum absolute atomic E-state index is 1.13. The van der Waals surface area contributed by atoms with Crippen LogP contribution in [0.1, 0.15) is 0 Å². The van der Waals surface area contributed by atoms with E-state index in [2.05, 4.69) is 181 Å². The van der Waals surface area contributed by atoms with Gasteiger partial charge in [-0.2, -0.15) is 0 Å². The van der Waals surface area contributed by atoms with Gasteiger partial charge in [-0.25, -0.2) is 0 Å². The molecule has 8 aromatic carbocycles. The highest BCUT2D eigenvalue weighted by Crippen LogP contribution is 2.49. The molecule has 0 fully saturated rings. The highest BCUT2D eigenvalue weighted by atomic mass is 32.1. The molecule has 10 aromatic rings.